The molecule has 0 fully saturated rings. The molecule has 0 aliphatic carbocycles. The van der Waals surface area contributed by atoms with Crippen LogP contribution in [0, 0.1) is 0 Å². The second kappa shape index (κ2) is 5.63. The average Bonchev–Trinajstić information content (AvgIpc) is 2.26. The van der Waals surface area contributed by atoms with Crippen molar-refractivity contribution in [3.63, 3.8) is 0 Å². The van der Waals surface area contributed by atoms with Gasteiger partial charge in [-0.1, -0.05) is 12.1 Å². The van der Waals surface area contributed by atoms with E-state index in [1.807, 2.05) is 6.07 Å². The molecule has 6 heteroatoms. The molecule has 2 rings (SSSR count). The van der Waals surface area contributed by atoms with Crippen LogP contribution in [0.4, 0.5) is 0 Å². The monoisotopic (exact) mass is 276 g/mol. The van der Waals surface area contributed by atoms with Crippen LogP contribution in [-0.4, -0.2) is 15.5 Å². The quantitative estimate of drug-likeness (QED) is 0.405. The Balaban J connectivity index is 0.00000144. The van der Waals surface area contributed by atoms with Gasteiger partial charge in [-0.2, -0.15) is 0 Å². The number of ether oxygens (including phenoxy) is 1. The van der Waals surface area contributed by atoms with Gasteiger partial charge >= 0.3 is 29.6 Å². The van der Waals surface area contributed by atoms with E-state index in [0.717, 1.165) is 5.39 Å². The Morgan fingerprint density at radius 3 is 2.47 bits per heavy atom. The van der Waals surface area contributed by atoms with Crippen LogP contribution in [0.5, 0.6) is 5.75 Å². The fourth-order valence-corrected chi connectivity index (χ4v) is 2.71. The standard InChI is InChI=1S/C11H10O3S2.Na/c1-14-9-5-6-10-8(7-9)3-2-4-11(10)16(12,13)15;/h2-7H,1H3,(H,12,13,15);/q;+1/p-1. The summed E-state index contributed by atoms with van der Waals surface area (Å²) in [6.07, 6.45) is 0. The van der Waals surface area contributed by atoms with Gasteiger partial charge in [0.2, 0.25) is 0 Å². The van der Waals surface area contributed by atoms with E-state index in [4.69, 9.17) is 4.74 Å². The minimum atomic E-state index is -3.61. The topological polar surface area (TPSA) is 43.4 Å². The molecule has 0 aliphatic rings. The Morgan fingerprint density at radius 2 is 1.88 bits per heavy atom. The van der Waals surface area contributed by atoms with Gasteiger partial charge in [-0.05, 0) is 35.0 Å². The number of rotatable bonds is 2. The first kappa shape index (κ1) is 14.9. The third-order valence-electron chi connectivity index (χ3n) is 2.32. The predicted octanol–water partition coefficient (Wildman–Crippen LogP) is -0.912. The van der Waals surface area contributed by atoms with Gasteiger partial charge in [-0.25, -0.2) is 8.42 Å². The largest absolute Gasteiger partial charge is 1.00 e. The fourth-order valence-electron chi connectivity index (χ4n) is 1.58. The maximum absolute atomic E-state index is 11.4. The van der Waals surface area contributed by atoms with Gasteiger partial charge in [0.05, 0.1) is 20.9 Å². The molecule has 0 atom stereocenters. The van der Waals surface area contributed by atoms with Crippen molar-refractivity contribution in [1.29, 1.82) is 0 Å². The van der Waals surface area contributed by atoms with E-state index < -0.39 is 8.87 Å². The molecule has 0 bridgehead atoms. The zero-order chi connectivity index (χ0) is 11.8. The summed E-state index contributed by atoms with van der Waals surface area (Å²) in [6, 6.07) is 10.2. The number of fused-ring (bicyclic) bond motifs is 1. The third-order valence-corrected chi connectivity index (χ3v) is 3.75. The van der Waals surface area contributed by atoms with Gasteiger partial charge in [-0.3, -0.25) is 0 Å². The third kappa shape index (κ3) is 3.17. The van der Waals surface area contributed by atoms with Crippen molar-refractivity contribution in [2.24, 2.45) is 0 Å². The molecule has 3 nitrogen and oxygen atoms in total. The van der Waals surface area contributed by atoms with Crippen molar-refractivity contribution in [3.8, 4) is 5.75 Å². The molecule has 0 saturated carbocycles. The van der Waals surface area contributed by atoms with Crippen LogP contribution < -0.4 is 34.3 Å². The predicted molar refractivity (Wildman–Crippen MR) is 65.1 cm³/mol. The zero-order valence-electron chi connectivity index (χ0n) is 9.51. The van der Waals surface area contributed by atoms with E-state index in [1.54, 1.807) is 31.4 Å². The zero-order valence-corrected chi connectivity index (χ0v) is 13.1. The number of hydrogen-bond acceptors (Lipinski definition) is 4. The molecule has 0 heterocycles. The summed E-state index contributed by atoms with van der Waals surface area (Å²) < 4.78 is 27.8. The van der Waals surface area contributed by atoms with Crippen LogP contribution in [-0.2, 0) is 20.5 Å². The summed E-state index contributed by atoms with van der Waals surface area (Å²) in [5, 5.41) is 1.42. The summed E-state index contributed by atoms with van der Waals surface area (Å²) in [5.74, 6) is 0.686. The molecular formula is C11H9NaO3S2. The Morgan fingerprint density at radius 1 is 1.18 bits per heavy atom. The molecule has 17 heavy (non-hydrogen) atoms. The van der Waals surface area contributed by atoms with Gasteiger partial charge < -0.3 is 16.4 Å². The minimum Gasteiger partial charge on any atom is -0.644 e. The second-order valence-electron chi connectivity index (χ2n) is 3.30. The molecular weight excluding hydrogens is 267 g/mol. The Labute approximate surface area is 127 Å². The van der Waals surface area contributed by atoms with Crippen LogP contribution >= 0.6 is 0 Å². The molecule has 0 aromatic heterocycles. The Bertz CT molecular complexity index is 638. The van der Waals surface area contributed by atoms with E-state index in [2.05, 4.69) is 11.7 Å². The number of methoxy groups -OCH3 is 1. The first-order valence-corrected chi connectivity index (χ1v) is 6.96. The molecule has 0 unspecified atom stereocenters. The molecule has 0 amide bonds. The van der Waals surface area contributed by atoms with Crippen molar-refractivity contribution in [2.45, 2.75) is 4.90 Å². The van der Waals surface area contributed by atoms with Crippen molar-refractivity contribution in [1.82, 2.24) is 0 Å². The molecule has 84 valence electrons. The first-order valence-electron chi connectivity index (χ1n) is 4.55. The summed E-state index contributed by atoms with van der Waals surface area (Å²) >= 11 is 4.48. The first-order chi connectivity index (χ1) is 7.52. The Kier molecular flexibility index (Phi) is 4.92. The second-order valence-corrected chi connectivity index (χ2v) is 5.96. The van der Waals surface area contributed by atoms with E-state index >= 15 is 0 Å². The molecule has 2 aromatic carbocycles. The van der Waals surface area contributed by atoms with Gasteiger partial charge in [0.1, 0.15) is 5.75 Å². The molecule has 0 radical (unpaired) electrons. The maximum Gasteiger partial charge on any atom is 1.00 e. The Hall–Kier alpha value is -0.200. The fraction of sp³-hybridized carbons (Fsp3) is 0.0909. The molecule has 0 N–H and O–H groups in total. The molecule has 0 aliphatic heterocycles. The van der Waals surface area contributed by atoms with Crippen LogP contribution in [0.3, 0.4) is 0 Å². The number of hydrogen-bond donors (Lipinski definition) is 0. The SMILES string of the molecule is COc1ccc2c(S(=O)(=O)[S-])cccc2c1.[Na+]. The summed E-state index contributed by atoms with van der Waals surface area (Å²) in [4.78, 5) is 0.169. The van der Waals surface area contributed by atoms with Crippen LogP contribution in [0.15, 0.2) is 41.3 Å². The molecule has 0 saturated heterocycles. The van der Waals surface area contributed by atoms with Crippen LogP contribution in [0.1, 0.15) is 0 Å². The summed E-state index contributed by atoms with van der Waals surface area (Å²) in [7, 11) is -2.04. The van der Waals surface area contributed by atoms with Crippen LogP contribution in [0.2, 0.25) is 0 Å². The maximum atomic E-state index is 11.4. The van der Waals surface area contributed by atoms with Crippen molar-refractivity contribution in [2.75, 3.05) is 7.11 Å². The number of benzene rings is 2. The van der Waals surface area contributed by atoms with E-state index in [-0.39, 0.29) is 34.5 Å². The van der Waals surface area contributed by atoms with Crippen molar-refractivity contribution < 1.29 is 42.7 Å². The van der Waals surface area contributed by atoms with Crippen LogP contribution in [0.25, 0.3) is 10.8 Å². The van der Waals surface area contributed by atoms with Crippen molar-refractivity contribution >= 4 is 31.3 Å². The minimum absolute atomic E-state index is 0. The van der Waals surface area contributed by atoms with Gasteiger partial charge in [0.15, 0.2) is 0 Å². The summed E-state index contributed by atoms with van der Waals surface area (Å²) in [6.45, 7) is 0. The normalized spacial score (nSPS) is 10.9. The van der Waals surface area contributed by atoms with Gasteiger partial charge in [0, 0.05) is 0 Å². The van der Waals surface area contributed by atoms with E-state index in [1.165, 1.54) is 6.07 Å². The van der Waals surface area contributed by atoms with Gasteiger partial charge in [-0.15, -0.1) is 0 Å². The molecule has 0 spiro atoms. The van der Waals surface area contributed by atoms with Crippen molar-refractivity contribution in [3.05, 3.63) is 36.4 Å². The van der Waals surface area contributed by atoms with Gasteiger partial charge in [0.25, 0.3) is 0 Å². The van der Waals surface area contributed by atoms with E-state index in [9.17, 15) is 8.42 Å². The summed E-state index contributed by atoms with van der Waals surface area (Å²) in [5.41, 5.74) is 0. The molecule has 2 aromatic rings. The van der Waals surface area contributed by atoms with E-state index in [0.29, 0.717) is 11.1 Å². The smallest absolute Gasteiger partial charge is 0.644 e. The average molecular weight is 276 g/mol.